The van der Waals surface area contributed by atoms with Crippen LogP contribution in [0.25, 0.3) is 11.8 Å². The number of nitrogens with zero attached hydrogens (tertiary/aromatic N) is 2. The van der Waals surface area contributed by atoms with Crippen molar-refractivity contribution in [3.05, 3.63) is 88.6 Å². The van der Waals surface area contributed by atoms with E-state index in [4.69, 9.17) is 0 Å². The highest BCUT2D eigenvalue weighted by Crippen LogP contribution is 2.30. The molecule has 1 saturated heterocycles. The molecular weight excluding hydrogens is 354 g/mol. The van der Waals surface area contributed by atoms with Crippen LogP contribution in [0.3, 0.4) is 0 Å². The Labute approximate surface area is 162 Å². The van der Waals surface area contributed by atoms with Crippen LogP contribution in [0.4, 0.5) is 5.69 Å². The van der Waals surface area contributed by atoms with E-state index in [1.807, 2.05) is 78.5 Å². The zero-order valence-corrected chi connectivity index (χ0v) is 16.0. The number of para-hydroxylation sites is 1. The van der Waals surface area contributed by atoms with Gasteiger partial charge < -0.3 is 9.88 Å². The van der Waals surface area contributed by atoms with Crippen LogP contribution in [-0.4, -0.2) is 15.6 Å². The number of carbonyl (C=O) groups excluding carboxylic acids is 1. The van der Waals surface area contributed by atoms with Gasteiger partial charge in [0.15, 0.2) is 5.17 Å². The van der Waals surface area contributed by atoms with Gasteiger partial charge in [-0.25, -0.2) is 4.99 Å². The second kappa shape index (κ2) is 7.29. The first kappa shape index (κ1) is 17.4. The second-order valence-corrected chi connectivity index (χ2v) is 7.42. The van der Waals surface area contributed by atoms with Gasteiger partial charge in [-0.15, -0.1) is 0 Å². The Kier molecular flexibility index (Phi) is 4.69. The molecule has 1 aliphatic rings. The summed E-state index contributed by atoms with van der Waals surface area (Å²) in [6, 6.07) is 18.1. The number of aromatic nitrogens is 1. The lowest BCUT2D eigenvalue weighted by Crippen LogP contribution is -2.19. The van der Waals surface area contributed by atoms with Crippen LogP contribution in [0.1, 0.15) is 16.7 Å². The highest BCUT2D eigenvalue weighted by atomic mass is 32.2. The number of hydrogen-bond donors (Lipinski definition) is 1. The Morgan fingerprint density at radius 2 is 1.85 bits per heavy atom. The SMILES string of the molecule is Cc1cccc(N=C2NC(=O)/C(=C\c3ccn(-c4ccccc4)c3)S2)c1C. The molecular formula is C22H19N3OS. The number of thioether (sulfide) groups is 1. The first-order valence-electron chi connectivity index (χ1n) is 8.69. The van der Waals surface area contributed by atoms with Gasteiger partial charge in [0.1, 0.15) is 0 Å². The van der Waals surface area contributed by atoms with E-state index in [9.17, 15) is 4.79 Å². The van der Waals surface area contributed by atoms with Crippen LogP contribution >= 0.6 is 11.8 Å². The number of carbonyl (C=O) groups is 1. The molecule has 1 amide bonds. The molecule has 0 saturated carbocycles. The molecule has 1 N–H and O–H groups in total. The summed E-state index contributed by atoms with van der Waals surface area (Å²) >= 11 is 1.37. The van der Waals surface area contributed by atoms with E-state index in [-0.39, 0.29) is 5.91 Å². The van der Waals surface area contributed by atoms with E-state index >= 15 is 0 Å². The molecule has 2 aromatic carbocycles. The summed E-state index contributed by atoms with van der Waals surface area (Å²) in [5, 5.41) is 3.47. The minimum absolute atomic E-state index is 0.114. The smallest absolute Gasteiger partial charge is 0.264 e. The van der Waals surface area contributed by atoms with Crippen LogP contribution < -0.4 is 5.32 Å². The van der Waals surface area contributed by atoms with Crippen LogP contribution in [0.5, 0.6) is 0 Å². The first-order valence-corrected chi connectivity index (χ1v) is 9.51. The highest BCUT2D eigenvalue weighted by molar-refractivity contribution is 8.18. The predicted octanol–water partition coefficient (Wildman–Crippen LogP) is 4.99. The summed E-state index contributed by atoms with van der Waals surface area (Å²) in [5.41, 5.74) is 5.25. The topological polar surface area (TPSA) is 46.4 Å². The Balaban J connectivity index is 1.57. The summed E-state index contributed by atoms with van der Waals surface area (Å²) in [6.45, 7) is 4.10. The molecule has 4 nitrogen and oxygen atoms in total. The van der Waals surface area contributed by atoms with Gasteiger partial charge in [0.2, 0.25) is 0 Å². The Hall–Kier alpha value is -3.05. The quantitative estimate of drug-likeness (QED) is 0.658. The third kappa shape index (κ3) is 3.73. The van der Waals surface area contributed by atoms with Crippen molar-refractivity contribution in [3.8, 4) is 5.69 Å². The Morgan fingerprint density at radius 3 is 2.67 bits per heavy atom. The van der Waals surface area contributed by atoms with Gasteiger partial charge >= 0.3 is 0 Å². The average Bonchev–Trinajstić information content (AvgIpc) is 3.27. The van der Waals surface area contributed by atoms with Gasteiger partial charge in [0.05, 0.1) is 10.6 Å². The van der Waals surface area contributed by atoms with E-state index in [0.717, 1.165) is 22.5 Å². The normalized spacial score (nSPS) is 16.9. The lowest BCUT2D eigenvalue weighted by molar-refractivity contribution is -0.115. The van der Waals surface area contributed by atoms with Crippen LogP contribution in [0, 0.1) is 13.8 Å². The lowest BCUT2D eigenvalue weighted by Gasteiger charge is -2.04. The maximum Gasteiger partial charge on any atom is 0.264 e. The molecule has 0 atom stereocenters. The van der Waals surface area contributed by atoms with Crippen molar-refractivity contribution in [2.45, 2.75) is 13.8 Å². The third-order valence-corrected chi connectivity index (χ3v) is 5.43. The average molecular weight is 373 g/mol. The van der Waals surface area contributed by atoms with E-state index in [1.54, 1.807) is 0 Å². The van der Waals surface area contributed by atoms with Crippen molar-refractivity contribution < 1.29 is 4.79 Å². The lowest BCUT2D eigenvalue weighted by atomic mass is 10.1. The van der Waals surface area contributed by atoms with Crippen molar-refractivity contribution in [1.29, 1.82) is 0 Å². The molecule has 0 aliphatic carbocycles. The molecule has 0 unspecified atom stereocenters. The zero-order chi connectivity index (χ0) is 18.8. The third-order valence-electron chi connectivity index (χ3n) is 4.52. The number of benzene rings is 2. The van der Waals surface area contributed by atoms with Crippen molar-refractivity contribution in [1.82, 2.24) is 9.88 Å². The summed E-state index contributed by atoms with van der Waals surface area (Å²) in [6.07, 6.45) is 5.89. The molecule has 0 bridgehead atoms. The maximum absolute atomic E-state index is 12.3. The van der Waals surface area contributed by atoms with E-state index in [2.05, 4.69) is 23.3 Å². The summed E-state index contributed by atoms with van der Waals surface area (Å²) in [5.74, 6) is -0.114. The molecule has 2 heterocycles. The fourth-order valence-corrected chi connectivity index (χ4v) is 3.69. The van der Waals surface area contributed by atoms with E-state index in [0.29, 0.717) is 10.1 Å². The number of amidine groups is 1. The molecule has 5 heteroatoms. The molecule has 0 radical (unpaired) electrons. The fourth-order valence-electron chi connectivity index (χ4n) is 2.86. The van der Waals surface area contributed by atoms with Gasteiger partial charge in [-0.2, -0.15) is 0 Å². The zero-order valence-electron chi connectivity index (χ0n) is 15.1. The highest BCUT2D eigenvalue weighted by Gasteiger charge is 2.24. The van der Waals surface area contributed by atoms with Gasteiger partial charge in [-0.05, 0) is 72.6 Å². The van der Waals surface area contributed by atoms with E-state index in [1.165, 1.54) is 17.3 Å². The van der Waals surface area contributed by atoms with Crippen LogP contribution in [-0.2, 0) is 4.79 Å². The molecule has 4 rings (SSSR count). The number of nitrogens with one attached hydrogen (secondary N) is 1. The Morgan fingerprint density at radius 1 is 1.04 bits per heavy atom. The Bertz CT molecular complexity index is 1060. The van der Waals surface area contributed by atoms with E-state index < -0.39 is 0 Å². The molecule has 1 fully saturated rings. The van der Waals surface area contributed by atoms with Crippen molar-refractivity contribution in [2.24, 2.45) is 4.99 Å². The van der Waals surface area contributed by atoms with Crippen LogP contribution in [0.15, 0.2) is 76.9 Å². The van der Waals surface area contributed by atoms with Crippen molar-refractivity contribution >= 4 is 34.6 Å². The molecule has 27 heavy (non-hydrogen) atoms. The standard InChI is InChI=1S/C22H19N3OS/c1-15-7-6-10-19(16(15)2)23-22-24-21(26)20(27-22)13-17-11-12-25(14-17)18-8-4-3-5-9-18/h3-14H,1-2H3,(H,23,24,26)/b20-13+. The van der Waals surface area contributed by atoms with Gasteiger partial charge in [0.25, 0.3) is 5.91 Å². The van der Waals surface area contributed by atoms with Gasteiger partial charge in [-0.3, -0.25) is 4.79 Å². The predicted molar refractivity (Wildman–Crippen MR) is 112 cm³/mol. The van der Waals surface area contributed by atoms with Crippen molar-refractivity contribution in [3.63, 3.8) is 0 Å². The second-order valence-electron chi connectivity index (χ2n) is 6.39. The molecule has 134 valence electrons. The number of rotatable bonds is 3. The minimum Gasteiger partial charge on any atom is -0.323 e. The monoisotopic (exact) mass is 373 g/mol. The van der Waals surface area contributed by atoms with Crippen molar-refractivity contribution in [2.75, 3.05) is 0 Å². The fraction of sp³-hybridized carbons (Fsp3) is 0.0909. The summed E-state index contributed by atoms with van der Waals surface area (Å²) < 4.78 is 2.04. The molecule has 3 aromatic rings. The minimum atomic E-state index is -0.114. The first-order chi connectivity index (χ1) is 13.1. The number of hydrogen-bond acceptors (Lipinski definition) is 3. The number of aliphatic imine (C=N–C) groups is 1. The summed E-state index contributed by atoms with van der Waals surface area (Å²) in [7, 11) is 0. The molecule has 1 aliphatic heterocycles. The largest absolute Gasteiger partial charge is 0.323 e. The molecule has 0 spiro atoms. The number of amides is 1. The van der Waals surface area contributed by atoms with Gasteiger partial charge in [0, 0.05) is 18.1 Å². The molecule has 1 aromatic heterocycles. The maximum atomic E-state index is 12.3. The van der Waals surface area contributed by atoms with Crippen LogP contribution in [0.2, 0.25) is 0 Å². The van der Waals surface area contributed by atoms with Gasteiger partial charge in [-0.1, -0.05) is 30.3 Å². The summed E-state index contributed by atoms with van der Waals surface area (Å²) in [4.78, 5) is 17.6. The number of aryl methyl sites for hydroxylation is 1.